The van der Waals surface area contributed by atoms with Crippen molar-refractivity contribution in [1.29, 1.82) is 0 Å². The van der Waals surface area contributed by atoms with Crippen LogP contribution in [0, 0.1) is 6.92 Å². The fourth-order valence-corrected chi connectivity index (χ4v) is 1.69. The summed E-state index contributed by atoms with van der Waals surface area (Å²) < 4.78 is 15.1. The van der Waals surface area contributed by atoms with Crippen LogP contribution in [0.4, 0.5) is 0 Å². The summed E-state index contributed by atoms with van der Waals surface area (Å²) in [5.74, 6) is 0.142. The zero-order chi connectivity index (χ0) is 14.5. The van der Waals surface area contributed by atoms with E-state index < -0.39 is 0 Å². The second-order valence-electron chi connectivity index (χ2n) is 4.85. The molecule has 3 rings (SSSR count). The SMILES string of the molecule is C(OCC1CO1)C1CO1.C=Cc1c(C)cc(O)cc1O. The predicted octanol–water partition coefficient (Wildman–Crippen LogP) is 1.85. The summed E-state index contributed by atoms with van der Waals surface area (Å²) in [6.07, 6.45) is 2.34. The molecule has 1 aromatic rings. The zero-order valence-corrected chi connectivity index (χ0v) is 11.5. The quantitative estimate of drug-likeness (QED) is 0.805. The molecular weight excluding hydrogens is 260 g/mol. The molecule has 110 valence electrons. The summed E-state index contributed by atoms with van der Waals surface area (Å²) in [7, 11) is 0. The smallest absolute Gasteiger partial charge is 0.126 e. The van der Waals surface area contributed by atoms with Crippen molar-refractivity contribution in [1.82, 2.24) is 0 Å². The van der Waals surface area contributed by atoms with E-state index in [9.17, 15) is 5.11 Å². The number of epoxide rings is 2. The van der Waals surface area contributed by atoms with Gasteiger partial charge in [0, 0.05) is 11.6 Å². The molecule has 2 aliphatic rings. The first kappa shape index (κ1) is 14.8. The minimum absolute atomic E-state index is 0.0671. The van der Waals surface area contributed by atoms with E-state index in [2.05, 4.69) is 6.58 Å². The Morgan fingerprint density at radius 1 is 1.25 bits per heavy atom. The average molecular weight is 280 g/mol. The highest BCUT2D eigenvalue weighted by Crippen LogP contribution is 2.27. The van der Waals surface area contributed by atoms with E-state index in [1.807, 2.05) is 0 Å². The summed E-state index contributed by atoms with van der Waals surface area (Å²) in [4.78, 5) is 0. The molecule has 2 atom stereocenters. The molecule has 1 aromatic carbocycles. The number of phenolic OH excluding ortho intramolecular Hbond substituents is 2. The molecule has 0 saturated carbocycles. The summed E-state index contributed by atoms with van der Waals surface area (Å²) in [5, 5.41) is 18.3. The first-order valence-electron chi connectivity index (χ1n) is 6.56. The Hall–Kier alpha value is -1.56. The van der Waals surface area contributed by atoms with Crippen molar-refractivity contribution in [2.75, 3.05) is 26.4 Å². The molecule has 2 heterocycles. The highest BCUT2D eigenvalue weighted by molar-refractivity contribution is 5.61. The van der Waals surface area contributed by atoms with Crippen LogP contribution in [0.3, 0.4) is 0 Å². The maximum atomic E-state index is 9.24. The van der Waals surface area contributed by atoms with E-state index in [1.165, 1.54) is 6.07 Å². The van der Waals surface area contributed by atoms with Gasteiger partial charge in [-0.05, 0) is 18.6 Å². The average Bonchev–Trinajstić information content (AvgIpc) is 3.24. The Morgan fingerprint density at radius 3 is 2.20 bits per heavy atom. The van der Waals surface area contributed by atoms with Gasteiger partial charge in [0.1, 0.15) is 23.7 Å². The normalized spacial score (nSPS) is 22.6. The Kier molecular flexibility index (Phi) is 5.00. The van der Waals surface area contributed by atoms with E-state index >= 15 is 0 Å². The van der Waals surface area contributed by atoms with Gasteiger partial charge in [-0.15, -0.1) is 0 Å². The summed E-state index contributed by atoms with van der Waals surface area (Å²) in [6, 6.07) is 2.88. The third-order valence-electron chi connectivity index (χ3n) is 2.97. The third kappa shape index (κ3) is 4.85. The van der Waals surface area contributed by atoms with Crippen LogP contribution < -0.4 is 0 Å². The van der Waals surface area contributed by atoms with E-state index in [0.717, 1.165) is 32.0 Å². The van der Waals surface area contributed by atoms with E-state index in [0.29, 0.717) is 17.8 Å². The van der Waals surface area contributed by atoms with Crippen LogP contribution in [0.1, 0.15) is 11.1 Å². The van der Waals surface area contributed by atoms with Gasteiger partial charge < -0.3 is 24.4 Å². The molecule has 20 heavy (non-hydrogen) atoms. The summed E-state index contributed by atoms with van der Waals surface area (Å²) >= 11 is 0. The number of hydrogen-bond acceptors (Lipinski definition) is 5. The highest BCUT2D eigenvalue weighted by Gasteiger charge is 2.26. The second kappa shape index (κ2) is 6.74. The van der Waals surface area contributed by atoms with Crippen molar-refractivity contribution in [3.8, 4) is 11.5 Å². The second-order valence-corrected chi connectivity index (χ2v) is 4.85. The summed E-state index contributed by atoms with van der Waals surface area (Å²) in [5.41, 5.74) is 1.49. The van der Waals surface area contributed by atoms with Gasteiger partial charge in [-0.3, -0.25) is 0 Å². The van der Waals surface area contributed by atoms with Crippen molar-refractivity contribution < 1.29 is 24.4 Å². The van der Waals surface area contributed by atoms with Crippen LogP contribution in [0.2, 0.25) is 0 Å². The lowest BCUT2D eigenvalue weighted by molar-refractivity contribution is 0.102. The molecule has 0 aliphatic carbocycles. The highest BCUT2D eigenvalue weighted by atomic mass is 16.6. The molecule has 2 unspecified atom stereocenters. The lowest BCUT2D eigenvalue weighted by atomic mass is 10.1. The lowest BCUT2D eigenvalue weighted by Crippen LogP contribution is -2.06. The zero-order valence-electron chi connectivity index (χ0n) is 11.5. The Balaban J connectivity index is 0.000000149. The molecule has 2 N–H and O–H groups in total. The van der Waals surface area contributed by atoms with Crippen LogP contribution in [0.25, 0.3) is 6.08 Å². The maximum absolute atomic E-state index is 9.24. The van der Waals surface area contributed by atoms with Crippen molar-refractivity contribution in [3.05, 3.63) is 29.8 Å². The van der Waals surface area contributed by atoms with Gasteiger partial charge >= 0.3 is 0 Å². The van der Waals surface area contributed by atoms with Gasteiger partial charge in [-0.25, -0.2) is 0 Å². The number of phenols is 2. The van der Waals surface area contributed by atoms with Gasteiger partial charge in [-0.1, -0.05) is 12.7 Å². The molecule has 5 nitrogen and oxygen atoms in total. The van der Waals surface area contributed by atoms with Crippen LogP contribution in [-0.4, -0.2) is 48.8 Å². The van der Waals surface area contributed by atoms with Crippen molar-refractivity contribution in [3.63, 3.8) is 0 Å². The molecular formula is C15H20O5. The van der Waals surface area contributed by atoms with Gasteiger partial charge in [0.2, 0.25) is 0 Å². The molecule has 5 heteroatoms. The first-order valence-corrected chi connectivity index (χ1v) is 6.56. The number of benzene rings is 1. The van der Waals surface area contributed by atoms with Crippen LogP contribution in [0.5, 0.6) is 11.5 Å². The van der Waals surface area contributed by atoms with Crippen molar-refractivity contribution >= 4 is 6.08 Å². The summed E-state index contributed by atoms with van der Waals surface area (Å²) in [6.45, 7) is 8.60. The minimum Gasteiger partial charge on any atom is -0.508 e. The van der Waals surface area contributed by atoms with E-state index in [1.54, 1.807) is 19.1 Å². The topological polar surface area (TPSA) is 74.8 Å². The van der Waals surface area contributed by atoms with E-state index in [-0.39, 0.29) is 11.5 Å². The van der Waals surface area contributed by atoms with Gasteiger partial charge in [0.15, 0.2) is 0 Å². The Labute approximate surface area is 118 Å². The monoisotopic (exact) mass is 280 g/mol. The fraction of sp³-hybridized carbons (Fsp3) is 0.467. The molecule has 0 amide bonds. The standard InChI is InChI=1S/C9H10O2.C6H10O3/c1-3-8-6(2)4-7(10)5-9(8)11;1(5-3-8-5)7-2-6-4-9-6/h3-5,10-11H,1H2,2H3;5-6H,1-4H2. The van der Waals surface area contributed by atoms with Gasteiger partial charge in [0.25, 0.3) is 0 Å². The van der Waals surface area contributed by atoms with Gasteiger partial charge in [0.05, 0.1) is 26.4 Å². The van der Waals surface area contributed by atoms with Crippen molar-refractivity contribution in [2.45, 2.75) is 19.1 Å². The first-order chi connectivity index (χ1) is 9.60. The molecule has 0 bridgehead atoms. The number of aryl methyl sites for hydroxylation is 1. The molecule has 2 aliphatic heterocycles. The molecule has 2 fully saturated rings. The third-order valence-corrected chi connectivity index (χ3v) is 2.97. The number of aromatic hydroxyl groups is 2. The fourth-order valence-electron chi connectivity index (χ4n) is 1.69. The van der Waals surface area contributed by atoms with Crippen molar-refractivity contribution in [2.24, 2.45) is 0 Å². The van der Waals surface area contributed by atoms with Crippen LogP contribution in [-0.2, 0) is 14.2 Å². The maximum Gasteiger partial charge on any atom is 0.126 e. The molecule has 0 radical (unpaired) electrons. The lowest BCUT2D eigenvalue weighted by Gasteiger charge is -2.03. The van der Waals surface area contributed by atoms with Crippen LogP contribution in [0.15, 0.2) is 18.7 Å². The van der Waals surface area contributed by atoms with Gasteiger partial charge in [-0.2, -0.15) is 0 Å². The van der Waals surface area contributed by atoms with Crippen LogP contribution >= 0.6 is 0 Å². The molecule has 0 aromatic heterocycles. The van der Waals surface area contributed by atoms with E-state index in [4.69, 9.17) is 19.3 Å². The predicted molar refractivity (Wildman–Crippen MR) is 74.9 cm³/mol. The molecule has 0 spiro atoms. The largest absolute Gasteiger partial charge is 0.508 e. The minimum atomic E-state index is 0.0671. The Morgan fingerprint density at radius 2 is 1.80 bits per heavy atom. The molecule has 2 saturated heterocycles. The number of ether oxygens (including phenoxy) is 3. The number of hydrogen-bond donors (Lipinski definition) is 2. The Bertz CT molecular complexity index is 428. The number of rotatable bonds is 5.